The van der Waals surface area contributed by atoms with Crippen LogP contribution in [0, 0.1) is 0 Å². The lowest BCUT2D eigenvalue weighted by Gasteiger charge is -2.23. The molecule has 0 spiro atoms. The molecule has 6 heteroatoms. The Morgan fingerprint density at radius 1 is 1.26 bits per heavy atom. The maximum atomic E-state index is 12.7. The van der Waals surface area contributed by atoms with Crippen LogP contribution in [0.25, 0.3) is 0 Å². The molecule has 1 aromatic carbocycles. The predicted molar refractivity (Wildman–Crippen MR) is 103 cm³/mol. The summed E-state index contributed by atoms with van der Waals surface area (Å²) in [7, 11) is 0. The zero-order chi connectivity index (χ0) is 20.2. The number of benzene rings is 1. The number of ether oxygens (including phenoxy) is 1. The number of amides is 2. The van der Waals surface area contributed by atoms with E-state index >= 15 is 0 Å². The van der Waals surface area contributed by atoms with E-state index in [0.29, 0.717) is 12.0 Å². The van der Waals surface area contributed by atoms with E-state index in [9.17, 15) is 14.4 Å². The van der Waals surface area contributed by atoms with Gasteiger partial charge >= 0.3 is 5.97 Å². The maximum absolute atomic E-state index is 12.7. The Morgan fingerprint density at radius 2 is 1.93 bits per heavy atom. The minimum Gasteiger partial charge on any atom is -0.481 e. The molecule has 0 fully saturated rings. The molecule has 0 heterocycles. The molecule has 2 amide bonds. The second-order valence-corrected chi connectivity index (χ2v) is 6.09. The van der Waals surface area contributed by atoms with Gasteiger partial charge in [-0.25, -0.2) is 0 Å². The molecule has 0 bridgehead atoms. The summed E-state index contributed by atoms with van der Waals surface area (Å²) < 4.78 is 5.66. The molecule has 1 aromatic rings. The van der Waals surface area contributed by atoms with Crippen LogP contribution in [-0.4, -0.2) is 40.9 Å². The molecule has 6 nitrogen and oxygen atoms in total. The van der Waals surface area contributed by atoms with Gasteiger partial charge in [0.2, 0.25) is 6.41 Å². The molecule has 0 aliphatic rings. The first kappa shape index (κ1) is 22.1. The fraction of sp³-hybridized carbons (Fsp3) is 0.286. The van der Waals surface area contributed by atoms with Crippen LogP contribution in [0.4, 0.5) is 0 Å². The summed E-state index contributed by atoms with van der Waals surface area (Å²) >= 11 is 0. The van der Waals surface area contributed by atoms with Gasteiger partial charge in [0.05, 0.1) is 25.7 Å². The van der Waals surface area contributed by atoms with E-state index in [1.165, 1.54) is 6.08 Å². The number of imide groups is 1. The van der Waals surface area contributed by atoms with Gasteiger partial charge in [0, 0.05) is 5.57 Å². The first-order valence-electron chi connectivity index (χ1n) is 8.49. The van der Waals surface area contributed by atoms with Gasteiger partial charge in [0.25, 0.3) is 5.91 Å². The summed E-state index contributed by atoms with van der Waals surface area (Å²) in [6, 6.07) is 9.25. The van der Waals surface area contributed by atoms with E-state index in [1.54, 1.807) is 26.0 Å². The SMILES string of the molecule is C=C/C=C\C(C(=O)N(C=O)CC(CC(=O)O)OCc1ccccc1)=C(C)C. The van der Waals surface area contributed by atoms with Crippen LogP contribution in [0.2, 0.25) is 0 Å². The lowest BCUT2D eigenvalue weighted by Crippen LogP contribution is -2.39. The van der Waals surface area contributed by atoms with Gasteiger partial charge in [-0.15, -0.1) is 0 Å². The standard InChI is InChI=1S/C21H25NO5/c1-4-5-11-19(16(2)3)21(26)22(15-23)13-18(12-20(24)25)27-14-17-9-7-6-8-10-17/h4-11,15,18H,1,12-14H2,2-3H3,(H,24,25)/b11-5-. The number of aliphatic carboxylic acids is 1. The number of hydrogen-bond acceptors (Lipinski definition) is 4. The smallest absolute Gasteiger partial charge is 0.306 e. The van der Waals surface area contributed by atoms with Crippen molar-refractivity contribution in [1.29, 1.82) is 0 Å². The normalized spacial score (nSPS) is 11.6. The van der Waals surface area contributed by atoms with Gasteiger partial charge in [-0.1, -0.05) is 54.6 Å². The summed E-state index contributed by atoms with van der Waals surface area (Å²) in [6.45, 7) is 7.10. The van der Waals surface area contributed by atoms with Gasteiger partial charge < -0.3 is 9.84 Å². The fourth-order valence-electron chi connectivity index (χ4n) is 2.32. The Hall–Kier alpha value is -2.99. The molecule has 0 radical (unpaired) electrons. The second-order valence-electron chi connectivity index (χ2n) is 6.09. The van der Waals surface area contributed by atoms with Crippen LogP contribution in [0.15, 0.2) is 66.3 Å². The third kappa shape index (κ3) is 7.83. The van der Waals surface area contributed by atoms with Crippen LogP contribution in [0.3, 0.4) is 0 Å². The largest absolute Gasteiger partial charge is 0.481 e. The highest BCUT2D eigenvalue weighted by atomic mass is 16.5. The van der Waals surface area contributed by atoms with E-state index < -0.39 is 18.0 Å². The summed E-state index contributed by atoms with van der Waals surface area (Å²) in [5.74, 6) is -1.58. The molecular formula is C21H25NO5. The topological polar surface area (TPSA) is 83.9 Å². The van der Waals surface area contributed by atoms with Crippen LogP contribution in [0.1, 0.15) is 25.8 Å². The molecule has 1 atom stereocenters. The third-order valence-corrected chi connectivity index (χ3v) is 3.69. The van der Waals surface area contributed by atoms with Gasteiger partial charge in [0.1, 0.15) is 0 Å². The number of rotatable bonds is 11. The average molecular weight is 371 g/mol. The summed E-state index contributed by atoms with van der Waals surface area (Å²) in [5, 5.41) is 9.12. The van der Waals surface area contributed by atoms with Gasteiger partial charge in [-0.2, -0.15) is 0 Å². The number of allylic oxidation sites excluding steroid dienone is 3. The van der Waals surface area contributed by atoms with E-state index in [2.05, 4.69) is 6.58 Å². The third-order valence-electron chi connectivity index (χ3n) is 3.69. The van der Waals surface area contributed by atoms with E-state index in [-0.39, 0.29) is 19.6 Å². The van der Waals surface area contributed by atoms with Crippen molar-refractivity contribution in [1.82, 2.24) is 4.90 Å². The molecule has 144 valence electrons. The summed E-state index contributed by atoms with van der Waals surface area (Å²) in [4.78, 5) is 36.2. The molecule has 1 N–H and O–H groups in total. The van der Waals surface area contributed by atoms with Crippen LogP contribution >= 0.6 is 0 Å². The van der Waals surface area contributed by atoms with Crippen molar-refractivity contribution in [2.75, 3.05) is 6.54 Å². The zero-order valence-electron chi connectivity index (χ0n) is 15.6. The van der Waals surface area contributed by atoms with Crippen LogP contribution in [0.5, 0.6) is 0 Å². The van der Waals surface area contributed by atoms with Crippen LogP contribution in [-0.2, 0) is 25.7 Å². The monoisotopic (exact) mass is 371 g/mol. The first-order valence-corrected chi connectivity index (χ1v) is 8.49. The van der Waals surface area contributed by atoms with E-state index in [4.69, 9.17) is 9.84 Å². The summed E-state index contributed by atoms with van der Waals surface area (Å²) in [5.41, 5.74) is 1.94. The minimum atomic E-state index is -1.07. The molecule has 0 aliphatic carbocycles. The average Bonchev–Trinajstić information content (AvgIpc) is 2.64. The Balaban J connectivity index is 2.91. The van der Waals surface area contributed by atoms with Crippen molar-refractivity contribution in [2.45, 2.75) is 33.0 Å². The Morgan fingerprint density at radius 3 is 2.44 bits per heavy atom. The minimum absolute atomic E-state index is 0.153. The fourth-order valence-corrected chi connectivity index (χ4v) is 2.32. The van der Waals surface area contributed by atoms with Crippen molar-refractivity contribution in [2.24, 2.45) is 0 Å². The highest BCUT2D eigenvalue weighted by molar-refractivity contribution is 6.02. The number of carbonyl (C=O) groups is 3. The van der Waals surface area contributed by atoms with Crippen molar-refractivity contribution in [3.8, 4) is 0 Å². The Bertz CT molecular complexity index is 717. The Labute approximate surface area is 159 Å². The molecule has 0 saturated heterocycles. The second kappa shape index (κ2) is 11.6. The molecular weight excluding hydrogens is 346 g/mol. The van der Waals surface area contributed by atoms with Crippen molar-refractivity contribution in [3.05, 3.63) is 71.8 Å². The van der Waals surface area contributed by atoms with Crippen molar-refractivity contribution in [3.63, 3.8) is 0 Å². The summed E-state index contributed by atoms with van der Waals surface area (Å²) in [6.07, 6.45) is 3.95. The lowest BCUT2D eigenvalue weighted by atomic mass is 10.1. The highest BCUT2D eigenvalue weighted by Crippen LogP contribution is 2.13. The number of hydrogen-bond donors (Lipinski definition) is 1. The molecule has 0 aromatic heterocycles. The lowest BCUT2D eigenvalue weighted by molar-refractivity contribution is -0.145. The number of carboxylic acid groups (broad SMARTS) is 1. The molecule has 0 saturated carbocycles. The van der Waals surface area contributed by atoms with Gasteiger partial charge in [-0.3, -0.25) is 19.3 Å². The highest BCUT2D eigenvalue weighted by Gasteiger charge is 2.23. The van der Waals surface area contributed by atoms with Crippen molar-refractivity contribution < 1.29 is 24.2 Å². The molecule has 1 rings (SSSR count). The first-order chi connectivity index (χ1) is 12.9. The molecule has 1 unspecified atom stereocenters. The van der Waals surface area contributed by atoms with Gasteiger partial charge in [0.15, 0.2) is 0 Å². The van der Waals surface area contributed by atoms with Crippen LogP contribution < -0.4 is 0 Å². The quantitative estimate of drug-likeness (QED) is 0.367. The number of carboxylic acids is 1. The zero-order valence-corrected chi connectivity index (χ0v) is 15.6. The maximum Gasteiger partial charge on any atom is 0.306 e. The number of nitrogens with zero attached hydrogens (tertiary/aromatic N) is 1. The number of carbonyl (C=O) groups excluding carboxylic acids is 2. The van der Waals surface area contributed by atoms with E-state index in [0.717, 1.165) is 16.0 Å². The van der Waals surface area contributed by atoms with E-state index in [1.807, 2.05) is 30.3 Å². The Kier molecular flexibility index (Phi) is 9.47. The van der Waals surface area contributed by atoms with Gasteiger partial charge in [-0.05, 0) is 25.5 Å². The van der Waals surface area contributed by atoms with Crippen molar-refractivity contribution >= 4 is 18.3 Å². The molecule has 0 aliphatic heterocycles. The molecule has 27 heavy (non-hydrogen) atoms. The predicted octanol–water partition coefficient (Wildman–Crippen LogP) is 3.11.